The molecule has 2 N–H and O–H groups in total. The molecule has 0 fully saturated rings. The van der Waals surface area contributed by atoms with E-state index < -0.39 is 24.0 Å². The molecule has 138 valence electrons. The SMILES string of the molecule is Cc1cc(Br)c(NC(=O)COC(=O)c2cc(=O)[nH]c3ccccc23)c(Br)c1. The topological polar surface area (TPSA) is 88.3 Å². The van der Waals surface area contributed by atoms with Gasteiger partial charge in [-0.2, -0.15) is 0 Å². The number of rotatable bonds is 4. The van der Waals surface area contributed by atoms with Gasteiger partial charge >= 0.3 is 5.97 Å². The van der Waals surface area contributed by atoms with Crippen LogP contribution in [0.1, 0.15) is 15.9 Å². The van der Waals surface area contributed by atoms with Crippen molar-refractivity contribution >= 4 is 60.3 Å². The second-order valence-electron chi connectivity index (χ2n) is 5.82. The summed E-state index contributed by atoms with van der Waals surface area (Å²) in [4.78, 5) is 38.9. The number of aryl methyl sites for hydroxylation is 1. The molecule has 1 amide bonds. The average Bonchev–Trinajstić information content (AvgIpc) is 2.62. The number of halogens is 2. The summed E-state index contributed by atoms with van der Waals surface area (Å²) in [6.45, 7) is 1.45. The molecule has 0 unspecified atom stereocenters. The fourth-order valence-corrected chi connectivity index (χ4v) is 4.19. The van der Waals surface area contributed by atoms with E-state index in [2.05, 4.69) is 42.2 Å². The Labute approximate surface area is 171 Å². The van der Waals surface area contributed by atoms with Gasteiger partial charge in [-0.1, -0.05) is 18.2 Å². The average molecular weight is 494 g/mol. The molecular formula is C19H14Br2N2O4. The predicted molar refractivity (Wildman–Crippen MR) is 110 cm³/mol. The number of amides is 1. The van der Waals surface area contributed by atoms with E-state index in [4.69, 9.17) is 4.74 Å². The Morgan fingerprint density at radius 2 is 1.78 bits per heavy atom. The molecule has 6 nitrogen and oxygen atoms in total. The number of fused-ring (bicyclic) bond motifs is 1. The molecule has 0 saturated carbocycles. The second-order valence-corrected chi connectivity index (χ2v) is 7.53. The maximum absolute atomic E-state index is 12.4. The molecule has 0 aliphatic carbocycles. The summed E-state index contributed by atoms with van der Waals surface area (Å²) in [6.07, 6.45) is 0. The number of anilines is 1. The van der Waals surface area contributed by atoms with Gasteiger partial charge in [-0.3, -0.25) is 9.59 Å². The van der Waals surface area contributed by atoms with E-state index in [9.17, 15) is 14.4 Å². The van der Waals surface area contributed by atoms with Crippen LogP contribution in [0, 0.1) is 6.92 Å². The summed E-state index contributed by atoms with van der Waals surface area (Å²) < 4.78 is 6.50. The number of esters is 1. The van der Waals surface area contributed by atoms with Gasteiger partial charge in [0.25, 0.3) is 5.91 Å². The molecule has 0 atom stereocenters. The van der Waals surface area contributed by atoms with Crippen molar-refractivity contribution in [1.82, 2.24) is 4.98 Å². The number of hydrogen-bond donors (Lipinski definition) is 2. The van der Waals surface area contributed by atoms with Gasteiger partial charge in [0.1, 0.15) is 0 Å². The Hall–Kier alpha value is -2.45. The largest absolute Gasteiger partial charge is 0.452 e. The summed E-state index contributed by atoms with van der Waals surface area (Å²) in [6, 6.07) is 11.8. The van der Waals surface area contributed by atoms with E-state index in [-0.39, 0.29) is 5.56 Å². The Bertz CT molecular complexity index is 1090. The van der Waals surface area contributed by atoms with Crippen molar-refractivity contribution in [2.75, 3.05) is 11.9 Å². The maximum Gasteiger partial charge on any atom is 0.339 e. The van der Waals surface area contributed by atoms with Gasteiger partial charge in [-0.15, -0.1) is 0 Å². The Morgan fingerprint density at radius 1 is 1.11 bits per heavy atom. The molecule has 0 saturated heterocycles. The molecule has 0 spiro atoms. The van der Waals surface area contributed by atoms with Crippen molar-refractivity contribution in [2.45, 2.75) is 6.92 Å². The van der Waals surface area contributed by atoms with E-state index in [0.29, 0.717) is 25.5 Å². The van der Waals surface area contributed by atoms with E-state index >= 15 is 0 Å². The fourth-order valence-electron chi connectivity index (χ4n) is 2.58. The number of hydrogen-bond acceptors (Lipinski definition) is 4. The normalized spacial score (nSPS) is 10.6. The lowest BCUT2D eigenvalue weighted by Gasteiger charge is -2.11. The molecule has 3 rings (SSSR count). The molecule has 0 bridgehead atoms. The molecule has 1 heterocycles. The van der Waals surface area contributed by atoms with Crippen molar-refractivity contribution in [1.29, 1.82) is 0 Å². The zero-order chi connectivity index (χ0) is 19.6. The Morgan fingerprint density at radius 3 is 2.48 bits per heavy atom. The summed E-state index contributed by atoms with van der Waals surface area (Å²) in [5, 5.41) is 3.23. The highest BCUT2D eigenvalue weighted by Gasteiger charge is 2.16. The summed E-state index contributed by atoms with van der Waals surface area (Å²) in [7, 11) is 0. The standard InChI is InChI=1S/C19H14Br2N2O4/c1-10-6-13(20)18(14(21)7-10)23-17(25)9-27-19(26)12-8-16(24)22-15-5-3-2-4-11(12)15/h2-8H,9H2,1H3,(H,22,24)(H,23,25). The first-order valence-corrected chi connectivity index (χ1v) is 9.48. The first-order chi connectivity index (χ1) is 12.8. The minimum absolute atomic E-state index is 0.111. The smallest absolute Gasteiger partial charge is 0.339 e. The van der Waals surface area contributed by atoms with Crippen molar-refractivity contribution in [3.8, 4) is 0 Å². The number of H-pyrrole nitrogens is 1. The van der Waals surface area contributed by atoms with Crippen LogP contribution < -0.4 is 10.9 Å². The van der Waals surface area contributed by atoms with Crippen LogP contribution in [0.15, 0.2) is 56.2 Å². The van der Waals surface area contributed by atoms with E-state index in [1.165, 1.54) is 0 Å². The van der Waals surface area contributed by atoms with Crippen LogP contribution in [-0.4, -0.2) is 23.5 Å². The number of benzene rings is 2. The number of nitrogens with one attached hydrogen (secondary N) is 2. The van der Waals surface area contributed by atoms with E-state index in [0.717, 1.165) is 11.6 Å². The molecule has 0 radical (unpaired) electrons. The molecule has 0 aliphatic heterocycles. The van der Waals surface area contributed by atoms with Crippen molar-refractivity contribution in [2.24, 2.45) is 0 Å². The Kier molecular flexibility index (Phi) is 5.76. The first kappa shape index (κ1) is 19.3. The summed E-state index contributed by atoms with van der Waals surface area (Å²) >= 11 is 6.78. The van der Waals surface area contributed by atoms with Gasteiger partial charge in [-0.25, -0.2) is 4.79 Å². The predicted octanol–water partition coefficient (Wildman–Crippen LogP) is 4.16. The highest BCUT2D eigenvalue weighted by atomic mass is 79.9. The number of aromatic amines is 1. The molecule has 27 heavy (non-hydrogen) atoms. The number of ether oxygens (including phenoxy) is 1. The van der Waals surface area contributed by atoms with Crippen LogP contribution in [0.4, 0.5) is 5.69 Å². The third kappa shape index (κ3) is 4.45. The van der Waals surface area contributed by atoms with E-state index in [1.54, 1.807) is 24.3 Å². The number of carbonyl (C=O) groups is 2. The second kappa shape index (κ2) is 8.06. The molecule has 2 aromatic carbocycles. The highest BCUT2D eigenvalue weighted by molar-refractivity contribution is 9.11. The minimum Gasteiger partial charge on any atom is -0.452 e. The van der Waals surface area contributed by atoms with Crippen molar-refractivity contribution < 1.29 is 14.3 Å². The van der Waals surface area contributed by atoms with Gasteiger partial charge in [0, 0.05) is 25.9 Å². The Balaban J connectivity index is 1.73. The zero-order valence-electron chi connectivity index (χ0n) is 14.1. The highest BCUT2D eigenvalue weighted by Crippen LogP contribution is 2.32. The summed E-state index contributed by atoms with van der Waals surface area (Å²) in [5.74, 6) is -1.24. The maximum atomic E-state index is 12.4. The van der Waals surface area contributed by atoms with Crippen LogP contribution in [0.25, 0.3) is 10.9 Å². The van der Waals surface area contributed by atoms with Gasteiger partial charge in [-0.05, 0) is 62.5 Å². The molecule has 3 aromatic rings. The lowest BCUT2D eigenvalue weighted by atomic mass is 10.1. The number of carbonyl (C=O) groups excluding carboxylic acids is 2. The number of pyridine rings is 1. The van der Waals surface area contributed by atoms with Gasteiger partial charge in [0.2, 0.25) is 5.56 Å². The monoisotopic (exact) mass is 492 g/mol. The van der Waals surface area contributed by atoms with Crippen LogP contribution in [0.2, 0.25) is 0 Å². The molecule has 8 heteroatoms. The zero-order valence-corrected chi connectivity index (χ0v) is 17.3. The van der Waals surface area contributed by atoms with Crippen molar-refractivity contribution in [3.63, 3.8) is 0 Å². The lowest BCUT2D eigenvalue weighted by molar-refractivity contribution is -0.119. The number of aromatic nitrogens is 1. The van der Waals surface area contributed by atoms with Crippen LogP contribution >= 0.6 is 31.9 Å². The summed E-state index contributed by atoms with van der Waals surface area (Å²) in [5.41, 5.74) is 1.77. The quantitative estimate of drug-likeness (QED) is 0.534. The van der Waals surface area contributed by atoms with Crippen LogP contribution in [0.5, 0.6) is 0 Å². The van der Waals surface area contributed by atoms with Gasteiger partial charge in [0.15, 0.2) is 6.61 Å². The lowest BCUT2D eigenvalue weighted by Crippen LogP contribution is -2.22. The first-order valence-electron chi connectivity index (χ1n) is 7.90. The number of para-hydroxylation sites is 1. The molecule has 0 aliphatic rings. The van der Waals surface area contributed by atoms with E-state index in [1.807, 2.05) is 19.1 Å². The third-order valence-corrected chi connectivity index (χ3v) is 5.01. The molecule has 1 aromatic heterocycles. The third-order valence-electron chi connectivity index (χ3n) is 3.76. The van der Waals surface area contributed by atoms with Gasteiger partial charge in [0.05, 0.1) is 11.3 Å². The fraction of sp³-hybridized carbons (Fsp3) is 0.105. The van der Waals surface area contributed by atoms with Gasteiger partial charge < -0.3 is 15.0 Å². The van der Waals surface area contributed by atoms with Crippen molar-refractivity contribution in [3.05, 3.63) is 72.9 Å². The van der Waals surface area contributed by atoms with Crippen LogP contribution in [0.3, 0.4) is 0 Å². The minimum atomic E-state index is -0.741. The molecular weight excluding hydrogens is 480 g/mol. The van der Waals surface area contributed by atoms with Crippen LogP contribution in [-0.2, 0) is 9.53 Å².